The van der Waals surface area contributed by atoms with Crippen LogP contribution in [0.15, 0.2) is 48.5 Å². The van der Waals surface area contributed by atoms with Gasteiger partial charge in [-0.2, -0.15) is 0 Å². The molecule has 0 aromatic heterocycles. The fourth-order valence-electron chi connectivity index (χ4n) is 3.86. The third kappa shape index (κ3) is 4.98. The quantitative estimate of drug-likeness (QED) is 0.768. The summed E-state index contributed by atoms with van der Waals surface area (Å²) >= 11 is 0. The lowest BCUT2D eigenvalue weighted by Crippen LogP contribution is -2.31. The lowest BCUT2D eigenvalue weighted by Gasteiger charge is -2.25. The van der Waals surface area contributed by atoms with Gasteiger partial charge in [-0.1, -0.05) is 12.1 Å². The van der Waals surface area contributed by atoms with Gasteiger partial charge in [0.05, 0.1) is 12.7 Å². The second-order valence-electron chi connectivity index (χ2n) is 8.41. The van der Waals surface area contributed by atoms with Crippen molar-refractivity contribution in [3.8, 4) is 0 Å². The van der Waals surface area contributed by atoms with Crippen molar-refractivity contribution in [3.05, 3.63) is 59.7 Å². The maximum atomic E-state index is 12.5. The average Bonchev–Trinajstić information content (AvgIpc) is 3.18. The minimum atomic E-state index is -0.0851. The molecule has 0 spiro atoms. The van der Waals surface area contributed by atoms with E-state index in [1.54, 1.807) is 0 Å². The highest BCUT2D eigenvalue weighted by molar-refractivity contribution is 6.04. The van der Waals surface area contributed by atoms with Crippen LogP contribution in [0, 0.1) is 0 Å². The Balaban J connectivity index is 1.30. The molecule has 29 heavy (non-hydrogen) atoms. The van der Waals surface area contributed by atoms with E-state index in [4.69, 9.17) is 4.74 Å². The van der Waals surface area contributed by atoms with Gasteiger partial charge in [0.25, 0.3) is 5.91 Å². The van der Waals surface area contributed by atoms with Gasteiger partial charge >= 0.3 is 0 Å². The fourth-order valence-corrected chi connectivity index (χ4v) is 3.86. The number of likely N-dealkylation sites (N-methyl/N-ethyl adjacent to an activating group) is 1. The number of carbonyl (C=O) groups is 1. The van der Waals surface area contributed by atoms with E-state index in [1.165, 1.54) is 31.4 Å². The molecular formula is C24H31N3O2. The first-order chi connectivity index (χ1) is 14.1. The van der Waals surface area contributed by atoms with E-state index in [-0.39, 0.29) is 5.91 Å². The molecule has 5 nitrogen and oxygen atoms in total. The number of hydrogen-bond donors (Lipinski definition) is 1. The van der Waals surface area contributed by atoms with Gasteiger partial charge in [0.15, 0.2) is 0 Å². The van der Waals surface area contributed by atoms with Gasteiger partial charge in [-0.3, -0.25) is 4.79 Å². The first kappa shape index (κ1) is 19.9. The highest BCUT2D eigenvalue weighted by Gasteiger charge is 2.24. The molecule has 1 N–H and O–H groups in total. The van der Waals surface area contributed by atoms with Gasteiger partial charge in [0.1, 0.15) is 0 Å². The van der Waals surface area contributed by atoms with Crippen LogP contribution in [0.5, 0.6) is 0 Å². The van der Waals surface area contributed by atoms with Crippen LogP contribution in [0.2, 0.25) is 0 Å². The Morgan fingerprint density at radius 3 is 2.38 bits per heavy atom. The fraction of sp³-hybridized carbons (Fsp3) is 0.458. The molecule has 1 atom stereocenters. The van der Waals surface area contributed by atoms with Crippen LogP contribution in [0.25, 0.3) is 0 Å². The summed E-state index contributed by atoms with van der Waals surface area (Å²) in [6.07, 6.45) is 5.24. The lowest BCUT2D eigenvalue weighted by atomic mass is 9.96. The molecule has 5 heteroatoms. The molecule has 1 aliphatic carbocycles. The summed E-state index contributed by atoms with van der Waals surface area (Å²) in [7, 11) is 4.28. The third-order valence-electron chi connectivity index (χ3n) is 6.14. The number of rotatable bonds is 7. The maximum Gasteiger partial charge on any atom is 0.255 e. The standard InChI is InChI=1S/C24H31N3O2/c1-26(2)22-14-15-27(16-22)21-12-10-20(11-13-21)25-24(28)19-8-6-18(7-9-19)17-29-23-4-3-5-23/h6-13,22-23H,3-5,14-17H2,1-2H3,(H,25,28). The van der Waals surface area contributed by atoms with Gasteiger partial charge in [-0.25, -0.2) is 0 Å². The van der Waals surface area contributed by atoms with E-state index >= 15 is 0 Å². The lowest BCUT2D eigenvalue weighted by molar-refractivity contribution is -0.00866. The largest absolute Gasteiger partial charge is 0.374 e. The maximum absolute atomic E-state index is 12.5. The number of amides is 1. The number of hydrogen-bond acceptors (Lipinski definition) is 4. The molecule has 4 rings (SSSR count). The Morgan fingerprint density at radius 1 is 1.07 bits per heavy atom. The van der Waals surface area contributed by atoms with E-state index < -0.39 is 0 Å². The first-order valence-electron chi connectivity index (χ1n) is 10.6. The molecule has 2 aromatic rings. The van der Waals surface area contributed by atoms with Gasteiger partial charge in [-0.15, -0.1) is 0 Å². The van der Waals surface area contributed by atoms with E-state index in [0.29, 0.717) is 24.3 Å². The molecular weight excluding hydrogens is 362 g/mol. The normalized spacial score (nSPS) is 19.4. The van der Waals surface area contributed by atoms with Crippen LogP contribution < -0.4 is 10.2 Å². The SMILES string of the molecule is CN(C)C1CCN(c2ccc(NC(=O)c3ccc(COC4CCC4)cc3)cc2)C1. The highest BCUT2D eigenvalue weighted by Crippen LogP contribution is 2.25. The third-order valence-corrected chi connectivity index (χ3v) is 6.14. The van der Waals surface area contributed by atoms with Gasteiger partial charge in [0, 0.05) is 36.1 Å². The van der Waals surface area contributed by atoms with Crippen molar-refractivity contribution in [2.24, 2.45) is 0 Å². The summed E-state index contributed by atoms with van der Waals surface area (Å²) in [6.45, 7) is 2.75. The Hall–Kier alpha value is -2.37. The summed E-state index contributed by atoms with van der Waals surface area (Å²) in [5.74, 6) is -0.0851. The number of ether oxygens (including phenoxy) is 1. The molecule has 1 saturated heterocycles. The van der Waals surface area contributed by atoms with Crippen molar-refractivity contribution in [2.75, 3.05) is 37.4 Å². The Labute approximate surface area is 173 Å². The van der Waals surface area contributed by atoms with E-state index in [1.807, 2.05) is 36.4 Å². The monoisotopic (exact) mass is 393 g/mol. The van der Waals surface area contributed by atoms with Gasteiger partial charge in [0.2, 0.25) is 0 Å². The number of anilines is 2. The van der Waals surface area contributed by atoms with E-state index in [0.717, 1.165) is 24.3 Å². The Morgan fingerprint density at radius 2 is 1.79 bits per heavy atom. The molecule has 1 unspecified atom stereocenters. The first-order valence-corrected chi connectivity index (χ1v) is 10.6. The van der Waals surface area contributed by atoms with Crippen LogP contribution in [-0.4, -0.2) is 50.1 Å². The second kappa shape index (κ2) is 8.97. The Kier molecular flexibility index (Phi) is 6.16. The summed E-state index contributed by atoms with van der Waals surface area (Å²) in [5, 5.41) is 2.99. The zero-order chi connectivity index (χ0) is 20.2. The zero-order valence-electron chi connectivity index (χ0n) is 17.4. The second-order valence-corrected chi connectivity index (χ2v) is 8.41. The van der Waals surface area contributed by atoms with Gasteiger partial charge in [-0.05, 0) is 81.7 Å². The van der Waals surface area contributed by atoms with Crippen molar-refractivity contribution >= 4 is 17.3 Å². The summed E-state index contributed by atoms with van der Waals surface area (Å²) < 4.78 is 5.83. The number of nitrogens with one attached hydrogen (secondary N) is 1. The van der Waals surface area contributed by atoms with Crippen LogP contribution in [0.3, 0.4) is 0 Å². The Bertz CT molecular complexity index is 813. The minimum Gasteiger partial charge on any atom is -0.374 e. The highest BCUT2D eigenvalue weighted by atomic mass is 16.5. The summed E-state index contributed by atoms with van der Waals surface area (Å²) in [4.78, 5) is 17.2. The summed E-state index contributed by atoms with van der Waals surface area (Å²) in [5.41, 5.74) is 3.80. The number of carbonyl (C=O) groups excluding carboxylic acids is 1. The van der Waals surface area contributed by atoms with Gasteiger partial charge < -0.3 is 19.9 Å². The average molecular weight is 394 g/mol. The molecule has 1 amide bonds. The van der Waals surface area contributed by atoms with E-state index in [9.17, 15) is 4.79 Å². The van der Waals surface area contributed by atoms with Crippen molar-refractivity contribution < 1.29 is 9.53 Å². The van der Waals surface area contributed by atoms with Crippen molar-refractivity contribution in [2.45, 2.75) is 44.4 Å². The van der Waals surface area contributed by atoms with Crippen LogP contribution in [0.1, 0.15) is 41.6 Å². The molecule has 1 saturated carbocycles. The van der Waals surface area contributed by atoms with Crippen LogP contribution >= 0.6 is 0 Å². The van der Waals surface area contributed by atoms with Crippen molar-refractivity contribution in [3.63, 3.8) is 0 Å². The number of benzene rings is 2. The number of nitrogens with zero attached hydrogens (tertiary/aromatic N) is 2. The smallest absolute Gasteiger partial charge is 0.255 e. The van der Waals surface area contributed by atoms with E-state index in [2.05, 4.69) is 41.3 Å². The topological polar surface area (TPSA) is 44.8 Å². The molecule has 2 fully saturated rings. The predicted molar refractivity (Wildman–Crippen MR) is 118 cm³/mol. The molecule has 1 heterocycles. The molecule has 2 aromatic carbocycles. The van der Waals surface area contributed by atoms with Crippen molar-refractivity contribution in [1.82, 2.24) is 4.90 Å². The molecule has 154 valence electrons. The predicted octanol–water partition coefficient (Wildman–Crippen LogP) is 4.15. The van der Waals surface area contributed by atoms with Crippen LogP contribution in [0.4, 0.5) is 11.4 Å². The molecule has 0 radical (unpaired) electrons. The molecule has 1 aliphatic heterocycles. The van der Waals surface area contributed by atoms with Crippen LogP contribution in [-0.2, 0) is 11.3 Å². The summed E-state index contributed by atoms with van der Waals surface area (Å²) in [6, 6.07) is 16.5. The minimum absolute atomic E-state index is 0.0851. The molecule has 0 bridgehead atoms. The van der Waals surface area contributed by atoms with Crippen molar-refractivity contribution in [1.29, 1.82) is 0 Å². The zero-order valence-corrected chi connectivity index (χ0v) is 17.4. The molecule has 2 aliphatic rings.